The van der Waals surface area contributed by atoms with Crippen LogP contribution in [0.25, 0.3) is 31.8 Å². The predicted molar refractivity (Wildman–Crippen MR) is 116 cm³/mol. The molecule has 3 N–H and O–H groups in total. The number of hydrogen-bond acceptors (Lipinski definition) is 6. The Morgan fingerprint density at radius 3 is 2.83 bits per heavy atom. The molecule has 0 radical (unpaired) electrons. The van der Waals surface area contributed by atoms with E-state index in [9.17, 15) is 14.3 Å². The standard InChI is InChI=1S/C21H21FN4O2S/c1-23-11-21(28)5-8-26(9-6-21)20-25-17-13-3-2-12(22)10-15(13)16-14(18(17)29-20)4-7-24-19(16)27/h2-4,7,10,23,28H,5-6,8-9,11H2,1H3,(H,24,27). The number of pyridine rings is 1. The van der Waals surface area contributed by atoms with Crippen LogP contribution in [0.2, 0.25) is 0 Å². The Morgan fingerprint density at radius 1 is 1.28 bits per heavy atom. The number of rotatable bonds is 3. The number of hydrogen-bond donors (Lipinski definition) is 3. The first-order valence-corrected chi connectivity index (χ1v) is 10.5. The highest BCUT2D eigenvalue weighted by Crippen LogP contribution is 2.40. The Bertz CT molecular complexity index is 1290. The van der Waals surface area contributed by atoms with Gasteiger partial charge in [0.15, 0.2) is 5.13 Å². The first kappa shape index (κ1) is 18.5. The molecule has 150 valence electrons. The largest absolute Gasteiger partial charge is 0.388 e. The van der Waals surface area contributed by atoms with Gasteiger partial charge < -0.3 is 20.3 Å². The fourth-order valence-electron chi connectivity index (χ4n) is 4.29. The Kier molecular flexibility index (Phi) is 4.31. The monoisotopic (exact) mass is 412 g/mol. The van der Waals surface area contributed by atoms with Crippen LogP contribution in [-0.4, -0.2) is 47.4 Å². The zero-order valence-corrected chi connectivity index (χ0v) is 16.8. The highest BCUT2D eigenvalue weighted by Gasteiger charge is 2.32. The van der Waals surface area contributed by atoms with Crippen LogP contribution >= 0.6 is 11.3 Å². The molecule has 0 amide bonds. The minimum Gasteiger partial charge on any atom is -0.388 e. The summed E-state index contributed by atoms with van der Waals surface area (Å²) in [6.07, 6.45) is 2.94. The second-order valence-corrected chi connectivity index (χ2v) is 8.68. The van der Waals surface area contributed by atoms with Crippen molar-refractivity contribution >= 4 is 48.2 Å². The van der Waals surface area contributed by atoms with Gasteiger partial charge in [0.1, 0.15) is 5.82 Å². The molecule has 5 rings (SSSR count). The van der Waals surface area contributed by atoms with Gasteiger partial charge in [0, 0.05) is 42.0 Å². The van der Waals surface area contributed by atoms with Crippen molar-refractivity contribution in [2.75, 3.05) is 31.6 Å². The summed E-state index contributed by atoms with van der Waals surface area (Å²) in [4.78, 5) is 22.3. The van der Waals surface area contributed by atoms with E-state index in [1.807, 2.05) is 13.1 Å². The Balaban J connectivity index is 1.68. The highest BCUT2D eigenvalue weighted by atomic mass is 32.1. The molecule has 2 aromatic carbocycles. The first-order valence-electron chi connectivity index (χ1n) is 9.64. The van der Waals surface area contributed by atoms with E-state index in [1.165, 1.54) is 12.1 Å². The highest BCUT2D eigenvalue weighted by molar-refractivity contribution is 7.23. The summed E-state index contributed by atoms with van der Waals surface area (Å²) in [5.74, 6) is -0.378. The van der Waals surface area contributed by atoms with Crippen LogP contribution in [0.1, 0.15) is 12.8 Å². The number of piperidine rings is 1. The van der Waals surface area contributed by atoms with Crippen LogP contribution in [0.15, 0.2) is 35.3 Å². The normalized spacial score (nSPS) is 16.9. The summed E-state index contributed by atoms with van der Waals surface area (Å²) in [7, 11) is 1.85. The van der Waals surface area contributed by atoms with Crippen molar-refractivity contribution in [3.8, 4) is 0 Å². The number of aliphatic hydroxyl groups is 1. The van der Waals surface area contributed by atoms with E-state index in [1.54, 1.807) is 23.6 Å². The molecule has 0 unspecified atom stereocenters. The molecule has 4 aromatic rings. The van der Waals surface area contributed by atoms with E-state index >= 15 is 0 Å². The molecule has 3 heterocycles. The number of fused-ring (bicyclic) bond motifs is 6. The first-order chi connectivity index (χ1) is 14.0. The molecule has 29 heavy (non-hydrogen) atoms. The maximum Gasteiger partial charge on any atom is 0.256 e. The summed E-state index contributed by atoms with van der Waals surface area (Å²) in [6.45, 7) is 2.00. The number of benzene rings is 2. The third-order valence-electron chi connectivity index (χ3n) is 5.80. The SMILES string of the molecule is CNCC1(O)CCN(c2nc3c4ccc(F)cc4c4c(=O)[nH]ccc4c3s2)CC1. The smallest absolute Gasteiger partial charge is 0.256 e. The van der Waals surface area contributed by atoms with Crippen molar-refractivity contribution in [1.82, 2.24) is 15.3 Å². The van der Waals surface area contributed by atoms with E-state index in [0.717, 1.165) is 26.1 Å². The van der Waals surface area contributed by atoms with Gasteiger partial charge in [-0.2, -0.15) is 0 Å². The van der Waals surface area contributed by atoms with Crippen LogP contribution < -0.4 is 15.8 Å². The van der Waals surface area contributed by atoms with Gasteiger partial charge in [-0.15, -0.1) is 0 Å². The van der Waals surface area contributed by atoms with Crippen LogP contribution in [0, 0.1) is 5.82 Å². The lowest BCUT2D eigenvalue weighted by molar-refractivity contribution is 0.0185. The Labute approximate surface area is 170 Å². The summed E-state index contributed by atoms with van der Waals surface area (Å²) in [5.41, 5.74) is -0.134. The van der Waals surface area contributed by atoms with Crippen LogP contribution in [0.5, 0.6) is 0 Å². The summed E-state index contributed by atoms with van der Waals surface area (Å²) in [6, 6.07) is 6.37. The zero-order valence-electron chi connectivity index (χ0n) is 16.0. The fourth-order valence-corrected chi connectivity index (χ4v) is 5.46. The molecule has 1 aliphatic rings. The Morgan fingerprint density at radius 2 is 2.07 bits per heavy atom. The molecule has 1 saturated heterocycles. The molecular formula is C21H21FN4O2S. The average molecular weight is 412 g/mol. The van der Waals surface area contributed by atoms with E-state index in [4.69, 9.17) is 4.98 Å². The summed E-state index contributed by atoms with van der Waals surface area (Å²) < 4.78 is 14.9. The summed E-state index contributed by atoms with van der Waals surface area (Å²) in [5, 5.41) is 17.2. The number of thiazole rings is 1. The Hall–Kier alpha value is -2.55. The maximum atomic E-state index is 14.0. The molecule has 0 bridgehead atoms. The lowest BCUT2D eigenvalue weighted by Gasteiger charge is -2.38. The van der Waals surface area contributed by atoms with E-state index < -0.39 is 5.60 Å². The van der Waals surface area contributed by atoms with E-state index in [-0.39, 0.29) is 11.4 Å². The summed E-state index contributed by atoms with van der Waals surface area (Å²) >= 11 is 1.55. The second kappa shape index (κ2) is 6.76. The molecule has 8 heteroatoms. The fraction of sp³-hybridized carbons (Fsp3) is 0.333. The maximum absolute atomic E-state index is 14.0. The van der Waals surface area contributed by atoms with Crippen molar-refractivity contribution in [3.63, 3.8) is 0 Å². The number of nitrogens with one attached hydrogen (secondary N) is 2. The van der Waals surface area contributed by atoms with Crippen molar-refractivity contribution in [2.45, 2.75) is 18.4 Å². The molecule has 1 aliphatic heterocycles. The van der Waals surface area contributed by atoms with Gasteiger partial charge in [-0.1, -0.05) is 11.3 Å². The number of nitrogens with zero attached hydrogens (tertiary/aromatic N) is 2. The quantitative estimate of drug-likeness (QED) is 0.451. The predicted octanol–water partition coefficient (Wildman–Crippen LogP) is 2.98. The molecule has 6 nitrogen and oxygen atoms in total. The zero-order chi connectivity index (χ0) is 20.2. The number of anilines is 1. The van der Waals surface area contributed by atoms with Crippen molar-refractivity contribution in [1.29, 1.82) is 0 Å². The van der Waals surface area contributed by atoms with Crippen molar-refractivity contribution < 1.29 is 9.50 Å². The molecule has 0 atom stereocenters. The van der Waals surface area contributed by atoms with E-state index in [2.05, 4.69) is 15.2 Å². The van der Waals surface area contributed by atoms with Crippen molar-refractivity contribution in [2.24, 2.45) is 0 Å². The van der Waals surface area contributed by atoms with Gasteiger partial charge >= 0.3 is 0 Å². The minimum atomic E-state index is -0.688. The second-order valence-electron chi connectivity index (χ2n) is 7.70. The van der Waals surface area contributed by atoms with Crippen LogP contribution in [0.3, 0.4) is 0 Å². The van der Waals surface area contributed by atoms with Gasteiger partial charge in [-0.05, 0) is 44.2 Å². The number of likely N-dealkylation sites (N-methyl/N-ethyl adjacent to an activating group) is 1. The van der Waals surface area contributed by atoms with Gasteiger partial charge in [0.05, 0.1) is 21.2 Å². The third-order valence-corrected chi connectivity index (χ3v) is 6.95. The number of H-pyrrole nitrogens is 1. The van der Waals surface area contributed by atoms with Crippen molar-refractivity contribution in [3.05, 3.63) is 46.6 Å². The lowest BCUT2D eigenvalue weighted by Crippen LogP contribution is -2.49. The van der Waals surface area contributed by atoms with Gasteiger partial charge in [0.2, 0.25) is 0 Å². The van der Waals surface area contributed by atoms with Gasteiger partial charge in [0.25, 0.3) is 5.56 Å². The molecule has 0 spiro atoms. The number of aromatic nitrogens is 2. The molecule has 0 aliphatic carbocycles. The average Bonchev–Trinajstić information content (AvgIpc) is 3.14. The lowest BCUT2D eigenvalue weighted by atomic mass is 9.92. The van der Waals surface area contributed by atoms with Gasteiger partial charge in [-0.3, -0.25) is 4.79 Å². The van der Waals surface area contributed by atoms with Crippen LogP contribution in [0.4, 0.5) is 9.52 Å². The molecule has 2 aromatic heterocycles. The number of aromatic amines is 1. The molecule has 0 saturated carbocycles. The molecule has 1 fully saturated rings. The van der Waals surface area contributed by atoms with Gasteiger partial charge in [-0.25, -0.2) is 9.37 Å². The molecular weight excluding hydrogens is 391 g/mol. The minimum absolute atomic E-state index is 0.231. The van der Waals surface area contributed by atoms with E-state index in [0.29, 0.717) is 43.2 Å². The topological polar surface area (TPSA) is 81.2 Å². The number of halogens is 1. The third kappa shape index (κ3) is 2.99. The van der Waals surface area contributed by atoms with Crippen LogP contribution in [-0.2, 0) is 0 Å².